The van der Waals surface area contributed by atoms with E-state index in [1.54, 1.807) is 0 Å². The predicted octanol–water partition coefficient (Wildman–Crippen LogP) is 6.05. The zero-order valence-electron chi connectivity index (χ0n) is 25.6. The summed E-state index contributed by atoms with van der Waals surface area (Å²) in [7, 11) is 1.99. The molecule has 3 aromatic carbocycles. The summed E-state index contributed by atoms with van der Waals surface area (Å²) in [6, 6.07) is 28.0. The normalized spacial score (nSPS) is 20.4. The monoisotopic (exact) mass is 586 g/mol. The largest absolute Gasteiger partial charge is 0.363 e. The summed E-state index contributed by atoms with van der Waals surface area (Å²) < 4.78 is 0. The van der Waals surface area contributed by atoms with E-state index in [-0.39, 0.29) is 23.4 Å². The molecule has 7 rings (SSSR count). The van der Waals surface area contributed by atoms with Gasteiger partial charge in [0.2, 0.25) is 5.91 Å². The van der Waals surface area contributed by atoms with E-state index in [9.17, 15) is 4.79 Å². The van der Waals surface area contributed by atoms with Crippen molar-refractivity contribution in [1.82, 2.24) is 25.5 Å². The third-order valence-corrected chi connectivity index (χ3v) is 9.64. The van der Waals surface area contributed by atoms with Gasteiger partial charge in [-0.05, 0) is 79.9 Å². The second kappa shape index (κ2) is 12.4. The number of aromatic nitrogens is 2. The van der Waals surface area contributed by atoms with Crippen LogP contribution in [0.5, 0.6) is 0 Å². The van der Waals surface area contributed by atoms with E-state index in [1.165, 1.54) is 16.7 Å². The maximum atomic E-state index is 13.8. The van der Waals surface area contributed by atoms with Crippen LogP contribution < -0.4 is 10.6 Å². The van der Waals surface area contributed by atoms with Crippen LogP contribution in [0.15, 0.2) is 90.1 Å². The first-order chi connectivity index (χ1) is 21.6. The van der Waals surface area contributed by atoms with Gasteiger partial charge >= 0.3 is 0 Å². The second-order valence-corrected chi connectivity index (χ2v) is 12.5. The number of amides is 1. The third-order valence-electron chi connectivity index (χ3n) is 9.64. The van der Waals surface area contributed by atoms with Crippen molar-refractivity contribution in [2.45, 2.75) is 62.4 Å². The van der Waals surface area contributed by atoms with Crippen molar-refractivity contribution in [1.29, 1.82) is 0 Å². The van der Waals surface area contributed by atoms with Crippen LogP contribution in [-0.2, 0) is 16.6 Å². The number of aliphatic imine (C=N–C) groups is 1. The molecule has 3 heterocycles. The molecule has 44 heavy (non-hydrogen) atoms. The molecular weight excluding hydrogens is 544 g/mol. The van der Waals surface area contributed by atoms with Crippen LogP contribution >= 0.6 is 0 Å². The highest BCUT2D eigenvalue weighted by atomic mass is 16.2. The third kappa shape index (κ3) is 5.69. The number of nitrogens with one attached hydrogen (secondary N) is 3. The molecule has 1 aliphatic carbocycles. The van der Waals surface area contributed by atoms with Crippen molar-refractivity contribution in [3.63, 3.8) is 0 Å². The summed E-state index contributed by atoms with van der Waals surface area (Å²) in [5, 5.41) is 6.89. The predicted molar refractivity (Wildman–Crippen MR) is 177 cm³/mol. The molecule has 7 heteroatoms. The van der Waals surface area contributed by atoms with Crippen LogP contribution in [0.4, 0.5) is 0 Å². The Labute approximate surface area is 260 Å². The van der Waals surface area contributed by atoms with Crippen LogP contribution in [0.2, 0.25) is 0 Å². The number of H-pyrrole nitrogens is 1. The molecule has 2 aliphatic heterocycles. The lowest BCUT2D eigenvalue weighted by Gasteiger charge is -2.30. The number of benzene rings is 3. The number of hydrogen-bond donors (Lipinski definition) is 3. The van der Waals surface area contributed by atoms with Crippen molar-refractivity contribution in [2.24, 2.45) is 4.99 Å². The maximum absolute atomic E-state index is 13.8. The van der Waals surface area contributed by atoms with Crippen molar-refractivity contribution in [3.8, 4) is 22.4 Å². The topological polar surface area (TPSA) is 85.4 Å². The summed E-state index contributed by atoms with van der Waals surface area (Å²) in [4.78, 5) is 28.9. The molecule has 1 saturated heterocycles. The van der Waals surface area contributed by atoms with E-state index >= 15 is 0 Å². The first-order valence-electron chi connectivity index (χ1n) is 16.2. The fraction of sp³-hybridized carbons (Fsp3) is 0.378. The van der Waals surface area contributed by atoms with Crippen LogP contribution in [0.3, 0.4) is 0 Å². The Balaban J connectivity index is 0.965. The maximum Gasteiger partial charge on any atom is 0.233 e. The van der Waals surface area contributed by atoms with E-state index in [1.807, 2.05) is 31.4 Å². The Morgan fingerprint density at radius 3 is 2.41 bits per heavy atom. The van der Waals surface area contributed by atoms with Crippen LogP contribution in [0.1, 0.15) is 61.5 Å². The Morgan fingerprint density at radius 1 is 0.955 bits per heavy atom. The number of aryl methyl sites for hydroxylation is 1. The zero-order valence-corrected chi connectivity index (χ0v) is 25.6. The van der Waals surface area contributed by atoms with E-state index in [4.69, 9.17) is 4.99 Å². The number of nitrogens with zero attached hydrogens (tertiary/aromatic N) is 3. The summed E-state index contributed by atoms with van der Waals surface area (Å²) in [6.45, 7) is 2.56. The molecule has 1 aromatic heterocycles. The number of unbranched alkanes of at least 4 members (excludes halogenated alkanes) is 1. The molecule has 2 unspecified atom stereocenters. The van der Waals surface area contributed by atoms with E-state index in [0.717, 1.165) is 86.5 Å². The van der Waals surface area contributed by atoms with Crippen LogP contribution in [0.25, 0.3) is 22.4 Å². The minimum absolute atomic E-state index is 0.0517. The summed E-state index contributed by atoms with van der Waals surface area (Å²) in [5.41, 5.74) is 6.65. The number of hydrogen-bond acceptors (Lipinski definition) is 5. The molecule has 0 bridgehead atoms. The average Bonchev–Trinajstić information content (AvgIpc) is 3.41. The van der Waals surface area contributed by atoms with Crippen molar-refractivity contribution >= 4 is 11.7 Å². The quantitative estimate of drug-likeness (QED) is 0.187. The van der Waals surface area contributed by atoms with Gasteiger partial charge in [0.1, 0.15) is 11.7 Å². The molecule has 0 radical (unpaired) electrons. The SMILES string of the molecule is CNCCCCc1ncc(-c2ccc(-c3ccc(C4CN=C(C5CCCN5C(=O)C5(c6ccccc6)CC5)N4)cc3)cc2)[nH]1. The number of imidazole rings is 1. The number of amidine groups is 1. The standard InChI is InChI=1S/C37H42N6O/c1-38-22-6-5-11-34-39-24-31(41-34)28-16-12-26(13-17-28)27-14-18-29(19-15-27)32-25-40-35(42-32)33-10-7-23-43(33)36(44)37(20-21-37)30-8-3-2-4-9-30/h2-4,8-9,12-19,24,32-33,38H,5-7,10-11,20-23,25H2,1H3,(H,39,41)(H,40,42). The van der Waals surface area contributed by atoms with Gasteiger partial charge in [-0.25, -0.2) is 4.98 Å². The zero-order chi connectivity index (χ0) is 29.9. The molecule has 1 saturated carbocycles. The van der Waals surface area contributed by atoms with Gasteiger partial charge < -0.3 is 20.5 Å². The van der Waals surface area contributed by atoms with Crippen LogP contribution in [0, 0.1) is 0 Å². The molecule has 4 aromatic rings. The molecule has 3 N–H and O–H groups in total. The Kier molecular flexibility index (Phi) is 8.05. The summed E-state index contributed by atoms with van der Waals surface area (Å²) in [5.74, 6) is 2.31. The van der Waals surface area contributed by atoms with Gasteiger partial charge in [-0.3, -0.25) is 9.79 Å². The number of aromatic amines is 1. The molecule has 2 atom stereocenters. The molecule has 2 fully saturated rings. The van der Waals surface area contributed by atoms with E-state index in [0.29, 0.717) is 6.54 Å². The lowest BCUT2D eigenvalue weighted by atomic mass is 9.94. The van der Waals surface area contributed by atoms with Crippen molar-refractivity contribution in [3.05, 3.63) is 102 Å². The van der Waals surface area contributed by atoms with Crippen LogP contribution in [-0.4, -0.2) is 59.3 Å². The van der Waals surface area contributed by atoms with Gasteiger partial charge in [0, 0.05) is 13.0 Å². The van der Waals surface area contributed by atoms with Gasteiger partial charge in [-0.15, -0.1) is 0 Å². The number of carbonyl (C=O) groups is 1. The number of rotatable bonds is 11. The summed E-state index contributed by atoms with van der Waals surface area (Å²) >= 11 is 0. The molecule has 1 amide bonds. The minimum Gasteiger partial charge on any atom is -0.363 e. The van der Waals surface area contributed by atoms with Gasteiger partial charge in [0.05, 0.1) is 35.9 Å². The first-order valence-corrected chi connectivity index (χ1v) is 16.2. The van der Waals surface area contributed by atoms with Crippen molar-refractivity contribution < 1.29 is 4.79 Å². The molecule has 226 valence electrons. The lowest BCUT2D eigenvalue weighted by Crippen LogP contribution is -2.48. The Bertz CT molecular complexity index is 1600. The minimum atomic E-state index is -0.330. The Morgan fingerprint density at radius 2 is 1.68 bits per heavy atom. The Hall–Kier alpha value is -4.23. The lowest BCUT2D eigenvalue weighted by molar-refractivity contribution is -0.133. The highest BCUT2D eigenvalue weighted by molar-refractivity contribution is 5.98. The fourth-order valence-electron chi connectivity index (χ4n) is 6.91. The van der Waals surface area contributed by atoms with Gasteiger partial charge in [0.15, 0.2) is 0 Å². The number of carbonyl (C=O) groups excluding carboxylic acids is 1. The number of likely N-dealkylation sites (tertiary alicyclic amines) is 1. The second-order valence-electron chi connectivity index (χ2n) is 12.5. The van der Waals surface area contributed by atoms with Gasteiger partial charge in [0.25, 0.3) is 0 Å². The first kappa shape index (κ1) is 28.5. The van der Waals surface area contributed by atoms with Gasteiger partial charge in [-0.1, -0.05) is 78.9 Å². The van der Waals surface area contributed by atoms with Crippen molar-refractivity contribution in [2.75, 3.05) is 26.7 Å². The molecule has 3 aliphatic rings. The van der Waals surface area contributed by atoms with Gasteiger partial charge in [-0.2, -0.15) is 0 Å². The highest BCUT2D eigenvalue weighted by Crippen LogP contribution is 2.50. The van der Waals surface area contributed by atoms with E-state index < -0.39 is 0 Å². The molecular formula is C37H42N6O. The average molecular weight is 587 g/mol. The smallest absolute Gasteiger partial charge is 0.233 e. The molecule has 0 spiro atoms. The van der Waals surface area contributed by atoms with E-state index in [2.05, 4.69) is 86.2 Å². The highest BCUT2D eigenvalue weighted by Gasteiger charge is 2.55. The molecule has 7 nitrogen and oxygen atoms in total. The fourth-order valence-corrected chi connectivity index (χ4v) is 6.91. The summed E-state index contributed by atoms with van der Waals surface area (Å²) in [6.07, 6.45) is 9.08.